The first kappa shape index (κ1) is 37.1. The van der Waals surface area contributed by atoms with E-state index in [0.29, 0.717) is 18.7 Å². The number of fused-ring (bicyclic) bond motifs is 3. The smallest absolute Gasteiger partial charge is 0.407 e. The van der Waals surface area contributed by atoms with Crippen molar-refractivity contribution in [2.24, 2.45) is 17.3 Å². The normalized spacial score (nSPS) is 29.6. The summed E-state index contributed by atoms with van der Waals surface area (Å²) in [6, 6.07) is 6.12. The number of hydrogen-bond acceptors (Lipinski definition) is 9. The third kappa shape index (κ3) is 8.02. The summed E-state index contributed by atoms with van der Waals surface area (Å²) in [5.74, 6) is -2.12. The number of amides is 4. The number of nitrogens with one attached hydrogen (secondary N) is 3. The zero-order chi connectivity index (χ0) is 37.5. The lowest BCUT2D eigenvalue weighted by Crippen LogP contribution is -2.59. The number of benzene rings is 1. The van der Waals surface area contributed by atoms with Crippen LogP contribution < -0.4 is 20.1 Å². The molecule has 4 amide bonds. The highest BCUT2D eigenvalue weighted by Crippen LogP contribution is 2.45. The van der Waals surface area contributed by atoms with Crippen molar-refractivity contribution in [2.75, 3.05) is 13.2 Å². The molecule has 3 heterocycles. The quantitative estimate of drug-likeness (QED) is 0.349. The fourth-order valence-electron chi connectivity index (χ4n) is 8.28. The Kier molecular flexibility index (Phi) is 10.2. The van der Waals surface area contributed by atoms with Gasteiger partial charge in [0.2, 0.25) is 27.7 Å². The van der Waals surface area contributed by atoms with E-state index >= 15 is 0 Å². The standard InChI is InChI=1S/C39H51N5O8S/c1-4-27-21-39(27,36(47)43-53(49,50)29-14-15-29)42-33(45)31-20-28-22-44(31)35(46)32(26-10-5-6-11-26)41-37(48)51-23-38(2,3)17-8-7-9-24-12-13-25-16-18-40-34(52-28)30(25)19-24/h4,12-13,16,18-19,26-29,31-32H,1,5-11,14-15,17,20-23H2,2-3H3,(H,41,48)(H,42,45)(H,43,47)/t27?,28-,31+,32+,39-/m1/s1. The van der Waals surface area contributed by atoms with Crippen molar-refractivity contribution in [1.82, 2.24) is 25.2 Å². The molecule has 4 fully saturated rings. The maximum absolute atomic E-state index is 14.7. The molecule has 5 aliphatic rings. The summed E-state index contributed by atoms with van der Waals surface area (Å²) >= 11 is 0. The monoisotopic (exact) mass is 749 g/mol. The predicted molar refractivity (Wildman–Crippen MR) is 197 cm³/mol. The van der Waals surface area contributed by atoms with E-state index in [1.807, 2.05) is 12.1 Å². The highest BCUT2D eigenvalue weighted by atomic mass is 32.2. The van der Waals surface area contributed by atoms with Crippen LogP contribution in [0.25, 0.3) is 10.8 Å². The number of aromatic nitrogens is 1. The first-order chi connectivity index (χ1) is 25.3. The summed E-state index contributed by atoms with van der Waals surface area (Å²) in [6.45, 7) is 8.14. The minimum atomic E-state index is -3.88. The van der Waals surface area contributed by atoms with Gasteiger partial charge in [-0.2, -0.15) is 0 Å². The maximum Gasteiger partial charge on any atom is 0.407 e. The fourth-order valence-corrected chi connectivity index (χ4v) is 9.64. The summed E-state index contributed by atoms with van der Waals surface area (Å²) in [7, 11) is -3.88. The molecule has 3 aliphatic carbocycles. The molecule has 5 atom stereocenters. The van der Waals surface area contributed by atoms with Gasteiger partial charge >= 0.3 is 6.09 Å². The Labute approximate surface area is 311 Å². The second-order valence-electron chi connectivity index (χ2n) is 16.5. The predicted octanol–water partition coefficient (Wildman–Crippen LogP) is 4.29. The highest BCUT2D eigenvalue weighted by Gasteiger charge is 2.62. The van der Waals surface area contributed by atoms with E-state index in [2.05, 4.69) is 52.9 Å². The van der Waals surface area contributed by atoms with Gasteiger partial charge in [-0.05, 0) is 85.8 Å². The van der Waals surface area contributed by atoms with Gasteiger partial charge in [-0.1, -0.05) is 51.3 Å². The second-order valence-corrected chi connectivity index (χ2v) is 18.4. The topological polar surface area (TPSA) is 173 Å². The van der Waals surface area contributed by atoms with Crippen molar-refractivity contribution in [3.05, 3.63) is 48.7 Å². The van der Waals surface area contributed by atoms with Gasteiger partial charge in [0.05, 0.1) is 18.4 Å². The molecule has 0 radical (unpaired) electrons. The van der Waals surface area contributed by atoms with E-state index in [-0.39, 0.29) is 37.3 Å². The van der Waals surface area contributed by atoms with Crippen molar-refractivity contribution in [2.45, 2.75) is 120 Å². The van der Waals surface area contributed by atoms with Crippen LogP contribution in [0.3, 0.4) is 0 Å². The maximum atomic E-state index is 14.7. The van der Waals surface area contributed by atoms with Gasteiger partial charge < -0.3 is 25.0 Å². The molecule has 1 aromatic carbocycles. The van der Waals surface area contributed by atoms with Crippen LogP contribution in [-0.2, 0) is 35.6 Å². The molecule has 2 aromatic rings. The number of alkyl carbamates (subject to hydrolysis) is 1. The Morgan fingerprint density at radius 1 is 1.08 bits per heavy atom. The van der Waals surface area contributed by atoms with Crippen molar-refractivity contribution in [3.8, 4) is 5.88 Å². The number of carbonyl (C=O) groups excluding carboxylic acids is 4. The van der Waals surface area contributed by atoms with E-state index in [0.717, 1.165) is 67.7 Å². The molecule has 0 spiro atoms. The van der Waals surface area contributed by atoms with Gasteiger partial charge in [0.15, 0.2) is 0 Å². The Morgan fingerprint density at radius 3 is 2.57 bits per heavy atom. The van der Waals surface area contributed by atoms with Crippen LogP contribution in [0.15, 0.2) is 43.1 Å². The number of hydrogen-bond donors (Lipinski definition) is 3. The van der Waals surface area contributed by atoms with Crippen molar-refractivity contribution < 1.29 is 37.1 Å². The average molecular weight is 750 g/mol. The fraction of sp³-hybridized carbons (Fsp3) is 0.615. The average Bonchev–Trinajstić information content (AvgIpc) is 4.00. The number of carbonyl (C=O) groups is 4. The molecule has 286 valence electrons. The zero-order valence-electron chi connectivity index (χ0n) is 30.6. The van der Waals surface area contributed by atoms with Crippen LogP contribution in [0.1, 0.15) is 90.0 Å². The van der Waals surface area contributed by atoms with Crippen molar-refractivity contribution >= 4 is 44.6 Å². The van der Waals surface area contributed by atoms with Gasteiger partial charge in [-0.15, -0.1) is 6.58 Å². The van der Waals surface area contributed by atoms with Crippen LogP contribution in [0.4, 0.5) is 4.79 Å². The van der Waals surface area contributed by atoms with Crippen molar-refractivity contribution in [3.63, 3.8) is 0 Å². The third-order valence-corrected chi connectivity index (χ3v) is 13.6. The molecule has 13 nitrogen and oxygen atoms in total. The van der Waals surface area contributed by atoms with E-state index < -0.39 is 68.7 Å². The molecule has 14 heteroatoms. The second kappa shape index (κ2) is 14.6. The van der Waals surface area contributed by atoms with Crippen LogP contribution in [-0.4, -0.2) is 84.2 Å². The number of nitrogens with zero attached hydrogens (tertiary/aromatic N) is 2. The first-order valence-electron chi connectivity index (χ1n) is 19.1. The Balaban J connectivity index is 1.21. The van der Waals surface area contributed by atoms with E-state index in [1.165, 1.54) is 11.0 Å². The largest absolute Gasteiger partial charge is 0.472 e. The van der Waals surface area contributed by atoms with Crippen LogP contribution in [0.5, 0.6) is 5.88 Å². The number of pyridine rings is 1. The van der Waals surface area contributed by atoms with E-state index in [9.17, 15) is 27.6 Å². The molecule has 7 rings (SSSR count). The van der Waals surface area contributed by atoms with Gasteiger partial charge in [-0.25, -0.2) is 18.2 Å². The Bertz CT molecular complexity index is 1890. The number of ether oxygens (including phenoxy) is 2. The van der Waals surface area contributed by atoms with Crippen LogP contribution in [0.2, 0.25) is 0 Å². The van der Waals surface area contributed by atoms with Crippen LogP contribution >= 0.6 is 0 Å². The van der Waals surface area contributed by atoms with Crippen molar-refractivity contribution in [1.29, 1.82) is 0 Å². The highest BCUT2D eigenvalue weighted by molar-refractivity contribution is 7.91. The van der Waals surface area contributed by atoms with E-state index in [1.54, 1.807) is 6.20 Å². The molecule has 1 saturated heterocycles. The van der Waals surface area contributed by atoms with Gasteiger partial charge in [0.1, 0.15) is 23.7 Å². The van der Waals surface area contributed by atoms with Gasteiger partial charge in [-0.3, -0.25) is 19.1 Å². The Hall–Kier alpha value is -4.20. The minimum absolute atomic E-state index is 0.0296. The molecule has 1 aromatic heterocycles. The van der Waals surface area contributed by atoms with Gasteiger partial charge in [0.25, 0.3) is 5.91 Å². The number of cyclic esters (lactones) is 1. The third-order valence-electron chi connectivity index (χ3n) is 11.7. The number of rotatable bonds is 7. The molecule has 3 N–H and O–H groups in total. The summed E-state index contributed by atoms with van der Waals surface area (Å²) in [5, 5.41) is 6.88. The van der Waals surface area contributed by atoms with Gasteiger partial charge in [0, 0.05) is 23.9 Å². The molecular weight excluding hydrogens is 699 g/mol. The molecule has 1 unspecified atom stereocenters. The minimum Gasteiger partial charge on any atom is -0.472 e. The lowest BCUT2D eigenvalue weighted by Gasteiger charge is -2.32. The molecule has 2 aliphatic heterocycles. The molecule has 4 bridgehead atoms. The summed E-state index contributed by atoms with van der Waals surface area (Å²) in [5.41, 5.74) is -0.665. The SMILES string of the molecule is C=CC1C[C@]1(NC(=O)[C@@H]1C[C@@H]2CN1C(=O)[C@H](C1CCCC1)NC(=O)OCC(C)(C)CCCCc1ccc3ccnc(c3c1)O2)C(=O)NS(=O)(=O)C1CC1. The number of sulfonamides is 1. The lowest BCUT2D eigenvalue weighted by atomic mass is 9.87. The summed E-state index contributed by atoms with van der Waals surface area (Å²) in [6.07, 6.45) is 9.95. The van der Waals surface area contributed by atoms with Crippen LogP contribution in [0, 0.1) is 17.3 Å². The number of aryl methyl sites for hydroxylation is 1. The molecule has 3 saturated carbocycles. The zero-order valence-corrected chi connectivity index (χ0v) is 31.4. The first-order valence-corrected chi connectivity index (χ1v) is 20.6. The molecule has 53 heavy (non-hydrogen) atoms. The summed E-state index contributed by atoms with van der Waals surface area (Å²) < 4.78 is 39.9. The molecular formula is C39H51N5O8S. The lowest BCUT2D eigenvalue weighted by molar-refractivity contribution is -0.142. The van der Waals surface area contributed by atoms with E-state index in [4.69, 9.17) is 9.47 Å². The summed E-state index contributed by atoms with van der Waals surface area (Å²) in [4.78, 5) is 61.9. The Morgan fingerprint density at radius 2 is 1.85 bits per heavy atom.